The second-order valence-electron chi connectivity index (χ2n) is 9.38. The number of nitriles is 1. The first-order valence-electron chi connectivity index (χ1n) is 12.9. The van der Waals surface area contributed by atoms with Gasteiger partial charge in [0.25, 0.3) is 10.0 Å². The summed E-state index contributed by atoms with van der Waals surface area (Å²) in [6.45, 7) is 6.07. The molecule has 1 aliphatic heterocycles. The highest BCUT2D eigenvalue weighted by atomic mass is 32.2. The standard InChI is InChI=1S/C28H33N3O6S2/c1-3-11-31(12-4-2)22-8-7-19-13-21(6-5-20(19)14-22)26-10-9-23(36-26)15-24(16-29)39(34,35)30-17-27-28(33)25(32)18-38-37-27/h5-10,13-15,25,27-28,30,32-33H,3-4,11-12,17-18H2,1-2H3/b24-15+/t25-,27-,28+/m1/s1. The molecule has 4 rings (SSSR count). The number of nitrogens with one attached hydrogen (secondary N) is 1. The monoisotopic (exact) mass is 571 g/mol. The molecule has 2 aromatic carbocycles. The number of allylic oxidation sites excluding steroid dienone is 1. The molecule has 0 amide bonds. The van der Waals surface area contributed by atoms with Crippen LogP contribution in [0.3, 0.4) is 0 Å². The van der Waals surface area contributed by atoms with Gasteiger partial charge in [0.1, 0.15) is 29.8 Å². The van der Waals surface area contributed by atoms with Crippen molar-refractivity contribution in [1.82, 2.24) is 4.72 Å². The number of sulfonamides is 1. The van der Waals surface area contributed by atoms with E-state index < -0.39 is 33.2 Å². The van der Waals surface area contributed by atoms with Crippen molar-refractivity contribution in [1.29, 1.82) is 5.26 Å². The van der Waals surface area contributed by atoms with Gasteiger partial charge >= 0.3 is 0 Å². The van der Waals surface area contributed by atoms with E-state index in [0.29, 0.717) is 5.76 Å². The van der Waals surface area contributed by atoms with Crippen LogP contribution in [0.2, 0.25) is 0 Å². The number of furan rings is 1. The second-order valence-corrected chi connectivity index (χ2v) is 11.9. The minimum Gasteiger partial charge on any atom is -0.457 e. The van der Waals surface area contributed by atoms with E-state index in [4.69, 9.17) is 8.60 Å². The summed E-state index contributed by atoms with van der Waals surface area (Å²) in [6.07, 6.45) is 0.0958. The lowest BCUT2D eigenvalue weighted by Crippen LogP contribution is -2.48. The molecule has 1 saturated heterocycles. The lowest BCUT2D eigenvalue weighted by atomic mass is 10.0. The predicted molar refractivity (Wildman–Crippen MR) is 154 cm³/mol. The number of hydrogen-bond acceptors (Lipinski definition) is 9. The zero-order valence-electron chi connectivity index (χ0n) is 21.9. The van der Waals surface area contributed by atoms with Crippen LogP contribution in [0.1, 0.15) is 32.4 Å². The summed E-state index contributed by atoms with van der Waals surface area (Å²) in [7, 11) is -4.21. The van der Waals surface area contributed by atoms with Gasteiger partial charge in [-0.1, -0.05) is 32.0 Å². The van der Waals surface area contributed by atoms with Gasteiger partial charge < -0.3 is 23.7 Å². The summed E-state index contributed by atoms with van der Waals surface area (Å²) in [5, 5.41) is 31.4. The lowest BCUT2D eigenvalue weighted by molar-refractivity contribution is -0.0418. The Morgan fingerprint density at radius 1 is 1.13 bits per heavy atom. The minimum atomic E-state index is -4.21. The molecule has 1 aromatic heterocycles. The van der Waals surface area contributed by atoms with Crippen LogP contribution in [-0.2, 0) is 14.2 Å². The van der Waals surface area contributed by atoms with Crippen LogP contribution in [0.15, 0.2) is 57.9 Å². The summed E-state index contributed by atoms with van der Waals surface area (Å²) < 4.78 is 38.8. The largest absolute Gasteiger partial charge is 0.457 e. The van der Waals surface area contributed by atoms with Crippen LogP contribution in [0.25, 0.3) is 28.2 Å². The third-order valence-corrected chi connectivity index (χ3v) is 8.64. The molecule has 0 unspecified atom stereocenters. The molecular weight excluding hydrogens is 538 g/mol. The van der Waals surface area contributed by atoms with Gasteiger partial charge in [0.15, 0.2) is 4.91 Å². The van der Waals surface area contributed by atoms with Crippen LogP contribution in [-0.4, -0.2) is 62.3 Å². The number of fused-ring (bicyclic) bond motifs is 1. The number of anilines is 1. The molecule has 208 valence electrons. The fraction of sp³-hybridized carbons (Fsp3) is 0.393. The number of rotatable bonds is 11. The molecule has 0 aliphatic carbocycles. The zero-order valence-corrected chi connectivity index (χ0v) is 23.5. The molecule has 9 nitrogen and oxygen atoms in total. The van der Waals surface area contributed by atoms with Gasteiger partial charge in [0.2, 0.25) is 0 Å². The zero-order chi connectivity index (χ0) is 28.0. The van der Waals surface area contributed by atoms with Gasteiger partial charge in [0.05, 0.1) is 6.10 Å². The van der Waals surface area contributed by atoms with E-state index in [-0.39, 0.29) is 18.1 Å². The highest BCUT2D eigenvalue weighted by Crippen LogP contribution is 2.30. The third kappa shape index (κ3) is 7.03. The van der Waals surface area contributed by atoms with E-state index in [0.717, 1.165) is 60.4 Å². The Hall–Kier alpha value is -2.85. The predicted octanol–water partition coefficient (Wildman–Crippen LogP) is 4.28. The average Bonchev–Trinajstić information content (AvgIpc) is 3.40. The smallest absolute Gasteiger partial charge is 0.250 e. The number of aliphatic hydroxyl groups excluding tert-OH is 2. The molecule has 1 fully saturated rings. The van der Waals surface area contributed by atoms with E-state index in [2.05, 4.69) is 41.7 Å². The van der Waals surface area contributed by atoms with Gasteiger partial charge in [-0.25, -0.2) is 13.1 Å². The van der Waals surface area contributed by atoms with E-state index >= 15 is 0 Å². The number of benzene rings is 2. The van der Waals surface area contributed by atoms with Crippen molar-refractivity contribution in [2.45, 2.75) is 45.0 Å². The molecule has 0 saturated carbocycles. The SMILES string of the molecule is CCCN(CCC)c1ccc2cc(-c3ccc(/C=C(\C#N)S(=O)(=O)NC[C@H]4OSC[C@@H](O)[C@@H]4O)o3)ccc2c1. The van der Waals surface area contributed by atoms with Crippen LogP contribution in [0.4, 0.5) is 5.69 Å². The molecule has 0 radical (unpaired) electrons. The van der Waals surface area contributed by atoms with Gasteiger partial charge in [-0.15, -0.1) is 0 Å². The number of hydrogen-bond donors (Lipinski definition) is 3. The maximum Gasteiger partial charge on any atom is 0.250 e. The van der Waals surface area contributed by atoms with E-state index in [1.165, 1.54) is 5.69 Å². The summed E-state index contributed by atoms with van der Waals surface area (Å²) in [4.78, 5) is 1.84. The third-order valence-electron chi connectivity index (χ3n) is 6.44. The van der Waals surface area contributed by atoms with Crippen molar-refractivity contribution >= 4 is 44.6 Å². The summed E-state index contributed by atoms with van der Waals surface area (Å²) >= 11 is 0.947. The average molecular weight is 572 g/mol. The first-order valence-corrected chi connectivity index (χ1v) is 15.3. The van der Waals surface area contributed by atoms with Gasteiger partial charge in [-0.3, -0.25) is 0 Å². The maximum atomic E-state index is 12.7. The Morgan fingerprint density at radius 2 is 1.85 bits per heavy atom. The van der Waals surface area contributed by atoms with Crippen molar-refractivity contribution in [3.8, 4) is 17.4 Å². The second kappa shape index (κ2) is 13.0. The molecule has 11 heteroatoms. The van der Waals surface area contributed by atoms with E-state index in [1.807, 2.05) is 18.2 Å². The van der Waals surface area contributed by atoms with Crippen molar-refractivity contribution in [2.24, 2.45) is 0 Å². The van der Waals surface area contributed by atoms with E-state index in [9.17, 15) is 23.9 Å². The van der Waals surface area contributed by atoms with Crippen molar-refractivity contribution in [3.05, 3.63) is 59.2 Å². The van der Waals surface area contributed by atoms with Crippen LogP contribution < -0.4 is 9.62 Å². The highest BCUT2D eigenvalue weighted by molar-refractivity contribution is 7.94. The Bertz CT molecular complexity index is 1460. The van der Waals surface area contributed by atoms with Gasteiger partial charge in [0, 0.05) is 42.7 Å². The fourth-order valence-electron chi connectivity index (χ4n) is 4.40. The molecule has 1 aliphatic rings. The Kier molecular flexibility index (Phi) is 9.71. The normalized spacial score (nSPS) is 20.2. The fourth-order valence-corrected chi connectivity index (χ4v) is 6.10. The van der Waals surface area contributed by atoms with Crippen LogP contribution >= 0.6 is 12.0 Å². The molecule has 39 heavy (non-hydrogen) atoms. The minimum absolute atomic E-state index is 0.184. The van der Waals surface area contributed by atoms with E-state index in [1.54, 1.807) is 18.2 Å². The Morgan fingerprint density at radius 3 is 2.56 bits per heavy atom. The van der Waals surface area contributed by atoms with Crippen molar-refractivity contribution in [3.63, 3.8) is 0 Å². The molecule has 3 aromatic rings. The highest BCUT2D eigenvalue weighted by Gasteiger charge is 2.33. The molecule has 3 atom stereocenters. The Balaban J connectivity index is 1.50. The summed E-state index contributed by atoms with van der Waals surface area (Å²) in [6, 6.07) is 17.4. The topological polar surface area (TPSA) is 136 Å². The summed E-state index contributed by atoms with van der Waals surface area (Å²) in [5.41, 5.74) is 2.02. The summed E-state index contributed by atoms with van der Waals surface area (Å²) in [5.74, 6) is 0.930. The first-order chi connectivity index (χ1) is 18.7. The number of nitrogens with zero attached hydrogens (tertiary/aromatic N) is 2. The quantitative estimate of drug-likeness (QED) is 0.228. The molecule has 0 bridgehead atoms. The van der Waals surface area contributed by atoms with Crippen molar-refractivity contribution < 1.29 is 27.2 Å². The molecular formula is C28H33N3O6S2. The lowest BCUT2D eigenvalue weighted by Gasteiger charge is -2.30. The Labute approximate surface area is 233 Å². The van der Waals surface area contributed by atoms with Gasteiger partial charge in [-0.05, 0) is 66.0 Å². The van der Waals surface area contributed by atoms with Gasteiger partial charge in [-0.2, -0.15) is 5.26 Å². The van der Waals surface area contributed by atoms with Crippen molar-refractivity contribution in [2.75, 3.05) is 30.3 Å². The van der Waals surface area contributed by atoms with Crippen LogP contribution in [0, 0.1) is 11.3 Å². The molecule has 3 N–H and O–H groups in total. The first kappa shape index (κ1) is 29.1. The number of aliphatic hydroxyl groups is 2. The van der Waals surface area contributed by atoms with Crippen LogP contribution in [0.5, 0.6) is 0 Å². The molecule has 2 heterocycles. The molecule has 0 spiro atoms. The maximum absolute atomic E-state index is 12.7.